The minimum absolute atomic E-state index is 0.772. The van der Waals surface area contributed by atoms with Gasteiger partial charge in [-0.05, 0) is 0 Å². The SMILES string of the molecule is Clc1ccc([Te](Br)(Br)Br)cc1. The van der Waals surface area contributed by atoms with Crippen molar-refractivity contribution in [3.63, 3.8) is 0 Å². The van der Waals surface area contributed by atoms with E-state index in [2.05, 4.69) is 38.3 Å². The molecule has 0 aliphatic heterocycles. The second-order valence-corrected chi connectivity index (χ2v) is 43.0. The predicted octanol–water partition coefficient (Wildman–Crippen LogP) is 3.67. The van der Waals surface area contributed by atoms with Crippen LogP contribution < -0.4 is 3.61 Å². The molecule has 0 spiro atoms. The summed E-state index contributed by atoms with van der Waals surface area (Å²) in [6.45, 7) is 0. The van der Waals surface area contributed by atoms with Crippen LogP contribution in [0.5, 0.6) is 0 Å². The predicted molar refractivity (Wildman–Crippen MR) is 63.6 cm³/mol. The molecule has 1 aromatic carbocycles. The first-order valence-electron chi connectivity index (χ1n) is 2.68. The van der Waals surface area contributed by atoms with Crippen LogP contribution in [0, 0.1) is 0 Å². The molecule has 62 valence electrons. The molecule has 0 saturated carbocycles. The van der Waals surface area contributed by atoms with Crippen molar-refractivity contribution < 1.29 is 0 Å². The summed E-state index contributed by atoms with van der Waals surface area (Å²) >= 11 is 14.3. The fraction of sp³-hybridized carbons (Fsp3) is 0. The molecule has 11 heavy (non-hydrogen) atoms. The normalized spacial score (nSPS) is 13.1. The number of hydrogen-bond acceptors (Lipinski definition) is 0. The molecule has 0 radical (unpaired) electrons. The molecule has 0 bridgehead atoms. The van der Waals surface area contributed by atoms with Gasteiger partial charge in [-0.2, -0.15) is 0 Å². The Morgan fingerprint density at radius 1 is 1.00 bits per heavy atom. The zero-order valence-corrected chi connectivity index (χ0v) is 13.1. The van der Waals surface area contributed by atoms with Gasteiger partial charge in [-0.3, -0.25) is 0 Å². The van der Waals surface area contributed by atoms with Gasteiger partial charge in [0.05, 0.1) is 0 Å². The minimum atomic E-state index is -2.17. The Labute approximate surface area is 92.9 Å². The van der Waals surface area contributed by atoms with Gasteiger partial charge in [-0.1, -0.05) is 0 Å². The number of benzene rings is 1. The second kappa shape index (κ2) is 4.30. The van der Waals surface area contributed by atoms with Crippen molar-refractivity contribution in [3.8, 4) is 0 Å². The van der Waals surface area contributed by atoms with Gasteiger partial charge in [-0.25, -0.2) is 0 Å². The third-order valence-electron chi connectivity index (χ3n) is 1.08. The van der Waals surface area contributed by atoms with Crippen LogP contribution in [-0.2, 0) is 0 Å². The molecule has 0 aromatic heterocycles. The standard InChI is InChI=1S/C6H4Br3ClTe/c7-11(8,9)6-3-1-5(10)2-4-6/h1-4H. The van der Waals surface area contributed by atoms with Gasteiger partial charge >= 0.3 is 94.3 Å². The van der Waals surface area contributed by atoms with E-state index in [1.165, 1.54) is 3.61 Å². The number of hydrogen-bond donors (Lipinski definition) is 0. The van der Waals surface area contributed by atoms with Gasteiger partial charge in [-0.15, -0.1) is 0 Å². The molecule has 1 aromatic rings. The van der Waals surface area contributed by atoms with Crippen LogP contribution in [0.15, 0.2) is 24.3 Å². The molecule has 0 unspecified atom stereocenters. The summed E-state index contributed by atoms with van der Waals surface area (Å²) in [6, 6.07) is 7.81. The summed E-state index contributed by atoms with van der Waals surface area (Å²) in [6.07, 6.45) is 0. The van der Waals surface area contributed by atoms with Gasteiger partial charge in [0, 0.05) is 0 Å². The summed E-state index contributed by atoms with van der Waals surface area (Å²) in [5, 5.41) is 0.772. The van der Waals surface area contributed by atoms with Crippen molar-refractivity contribution in [1.29, 1.82) is 0 Å². The molecule has 0 fully saturated rings. The third-order valence-corrected chi connectivity index (χ3v) is 11.2. The van der Waals surface area contributed by atoms with E-state index >= 15 is 0 Å². The van der Waals surface area contributed by atoms with Gasteiger partial charge in [0.15, 0.2) is 0 Å². The molecule has 0 atom stereocenters. The van der Waals surface area contributed by atoms with Crippen LogP contribution in [0.1, 0.15) is 0 Å². The summed E-state index contributed by atoms with van der Waals surface area (Å²) in [5.41, 5.74) is 0. The van der Waals surface area contributed by atoms with Crippen molar-refractivity contribution >= 4 is 65.0 Å². The molecular weight excluding hydrogens is 475 g/mol. The zero-order valence-electron chi connectivity index (χ0n) is 5.23. The second-order valence-electron chi connectivity index (χ2n) is 1.86. The summed E-state index contributed by atoms with van der Waals surface area (Å²) in [7, 11) is 0. The Morgan fingerprint density at radius 3 is 1.82 bits per heavy atom. The van der Waals surface area contributed by atoms with E-state index in [0.717, 1.165) is 5.02 Å². The number of rotatable bonds is 1. The van der Waals surface area contributed by atoms with E-state index in [4.69, 9.17) is 11.6 Å². The Hall–Kier alpha value is 1.74. The van der Waals surface area contributed by atoms with Crippen molar-refractivity contribution in [2.45, 2.75) is 0 Å². The molecule has 0 heterocycles. The van der Waals surface area contributed by atoms with Gasteiger partial charge < -0.3 is 0 Å². The molecule has 1 rings (SSSR count). The van der Waals surface area contributed by atoms with Crippen molar-refractivity contribution in [2.24, 2.45) is 0 Å². The topological polar surface area (TPSA) is 0 Å². The average molecular weight is 479 g/mol. The van der Waals surface area contributed by atoms with E-state index in [1.54, 1.807) is 0 Å². The Balaban J connectivity index is 2.99. The molecular formula is C6H4Br3ClTe. The monoisotopic (exact) mass is 478 g/mol. The van der Waals surface area contributed by atoms with Crippen LogP contribution in [0.3, 0.4) is 0 Å². The van der Waals surface area contributed by atoms with Crippen molar-refractivity contribution in [2.75, 3.05) is 0 Å². The summed E-state index contributed by atoms with van der Waals surface area (Å²) in [5.74, 6) is 0. The maximum absolute atomic E-state index is 5.74. The van der Waals surface area contributed by atoms with Crippen LogP contribution in [0.2, 0.25) is 5.02 Å². The first-order valence-corrected chi connectivity index (χ1v) is 19.9. The van der Waals surface area contributed by atoms with Crippen LogP contribution in [0.4, 0.5) is 0 Å². The molecule has 0 saturated heterocycles. The van der Waals surface area contributed by atoms with Crippen molar-refractivity contribution in [1.82, 2.24) is 0 Å². The molecule has 0 amide bonds. The first-order chi connectivity index (χ1) is 5.00. The van der Waals surface area contributed by atoms with Crippen LogP contribution in [0.25, 0.3) is 0 Å². The van der Waals surface area contributed by atoms with Crippen LogP contribution >= 0.6 is 49.9 Å². The zero-order chi connectivity index (χ0) is 8.48. The quantitative estimate of drug-likeness (QED) is 0.540. The number of halogens is 4. The maximum atomic E-state index is 5.74. The fourth-order valence-corrected chi connectivity index (χ4v) is 6.33. The molecule has 0 aliphatic rings. The van der Waals surface area contributed by atoms with Crippen LogP contribution in [-0.4, -0.2) is 11.6 Å². The summed E-state index contributed by atoms with van der Waals surface area (Å²) in [4.78, 5) is 0. The van der Waals surface area contributed by atoms with E-state index in [1.807, 2.05) is 24.3 Å². The van der Waals surface area contributed by atoms with E-state index in [-0.39, 0.29) is 0 Å². The Kier molecular flexibility index (Phi) is 4.23. The molecule has 5 heteroatoms. The third kappa shape index (κ3) is 3.54. The van der Waals surface area contributed by atoms with Gasteiger partial charge in [0.25, 0.3) is 0 Å². The molecule has 0 nitrogen and oxygen atoms in total. The van der Waals surface area contributed by atoms with E-state index < -0.39 is 11.6 Å². The summed E-state index contributed by atoms with van der Waals surface area (Å²) < 4.78 is 1.26. The first kappa shape index (κ1) is 10.8. The van der Waals surface area contributed by atoms with E-state index in [9.17, 15) is 0 Å². The van der Waals surface area contributed by atoms with Gasteiger partial charge in [0.2, 0.25) is 0 Å². The molecule has 0 N–H and O–H groups in total. The Bertz CT molecular complexity index is 241. The van der Waals surface area contributed by atoms with E-state index in [0.29, 0.717) is 0 Å². The molecule has 0 aliphatic carbocycles. The Morgan fingerprint density at radius 2 is 1.45 bits per heavy atom. The fourth-order valence-electron chi connectivity index (χ4n) is 0.589. The van der Waals surface area contributed by atoms with Crippen molar-refractivity contribution in [3.05, 3.63) is 29.3 Å². The average Bonchev–Trinajstić information content (AvgIpc) is 1.86. The van der Waals surface area contributed by atoms with Gasteiger partial charge in [0.1, 0.15) is 0 Å².